The predicted molar refractivity (Wildman–Crippen MR) is 71.7 cm³/mol. The van der Waals surface area contributed by atoms with E-state index in [2.05, 4.69) is 37.7 Å². The Hall–Kier alpha value is -1.85. The smallest absolute Gasteiger partial charge is 0.226 e. The highest BCUT2D eigenvalue weighted by molar-refractivity contribution is 5.87. The molecular weight excluding hydrogens is 228 g/mol. The molecule has 0 aliphatic heterocycles. The van der Waals surface area contributed by atoms with Gasteiger partial charge in [-0.15, -0.1) is 0 Å². The fourth-order valence-corrected chi connectivity index (χ4v) is 2.20. The zero-order valence-electron chi connectivity index (χ0n) is 10.7. The average Bonchev–Trinajstić information content (AvgIpc) is 3.03. The number of hydrogen-bond donors (Lipinski definition) is 3. The first-order valence-electron chi connectivity index (χ1n) is 6.41. The Morgan fingerprint density at radius 2 is 2.28 bits per heavy atom. The minimum atomic E-state index is 0.426. The van der Waals surface area contributed by atoms with E-state index in [-0.39, 0.29) is 0 Å². The summed E-state index contributed by atoms with van der Waals surface area (Å²) in [4.78, 5) is 8.78. The van der Waals surface area contributed by atoms with Gasteiger partial charge >= 0.3 is 0 Å². The lowest BCUT2D eigenvalue weighted by molar-refractivity contribution is 0.641. The number of fused-ring (bicyclic) bond motifs is 1. The topological polar surface area (TPSA) is 78.5 Å². The molecule has 1 unspecified atom stereocenters. The van der Waals surface area contributed by atoms with E-state index in [0.717, 1.165) is 22.8 Å². The zero-order valence-corrected chi connectivity index (χ0v) is 10.7. The molecule has 18 heavy (non-hydrogen) atoms. The van der Waals surface area contributed by atoms with Gasteiger partial charge in [-0.05, 0) is 19.3 Å². The van der Waals surface area contributed by atoms with Crippen molar-refractivity contribution >= 4 is 22.8 Å². The molecule has 1 aliphatic rings. The molecule has 96 valence electrons. The van der Waals surface area contributed by atoms with Crippen molar-refractivity contribution in [3.63, 3.8) is 0 Å². The maximum Gasteiger partial charge on any atom is 0.226 e. The van der Waals surface area contributed by atoms with E-state index in [9.17, 15) is 0 Å². The molecule has 0 spiro atoms. The summed E-state index contributed by atoms with van der Waals surface area (Å²) >= 11 is 0. The number of aromatic amines is 1. The van der Waals surface area contributed by atoms with Gasteiger partial charge in [-0.3, -0.25) is 5.10 Å². The first-order valence-corrected chi connectivity index (χ1v) is 6.41. The van der Waals surface area contributed by atoms with Crippen LogP contribution in [0.2, 0.25) is 0 Å². The fraction of sp³-hybridized carbons (Fsp3) is 0.583. The average molecular weight is 246 g/mol. The number of aromatic nitrogens is 4. The number of rotatable bonds is 5. The summed E-state index contributed by atoms with van der Waals surface area (Å²) in [6.07, 6.45) is 5.72. The summed E-state index contributed by atoms with van der Waals surface area (Å²) in [5, 5.41) is 14.3. The molecule has 0 amide bonds. The largest absolute Gasteiger partial charge is 0.367 e. The van der Waals surface area contributed by atoms with E-state index in [1.807, 2.05) is 7.05 Å². The molecule has 3 rings (SSSR count). The van der Waals surface area contributed by atoms with E-state index >= 15 is 0 Å². The maximum absolute atomic E-state index is 4.47. The van der Waals surface area contributed by atoms with Gasteiger partial charge in [0.05, 0.1) is 11.6 Å². The highest BCUT2D eigenvalue weighted by Crippen LogP contribution is 2.34. The van der Waals surface area contributed by atoms with E-state index in [1.165, 1.54) is 19.3 Å². The minimum absolute atomic E-state index is 0.426. The third kappa shape index (κ3) is 2.23. The number of nitrogens with one attached hydrogen (secondary N) is 3. The Bertz CT molecular complexity index is 544. The van der Waals surface area contributed by atoms with E-state index in [4.69, 9.17) is 0 Å². The minimum Gasteiger partial charge on any atom is -0.367 e. The molecule has 2 aromatic rings. The van der Waals surface area contributed by atoms with E-state index in [0.29, 0.717) is 12.0 Å². The highest BCUT2D eigenvalue weighted by atomic mass is 15.2. The molecule has 0 bridgehead atoms. The number of hydrogen-bond acceptors (Lipinski definition) is 5. The Morgan fingerprint density at radius 1 is 1.44 bits per heavy atom. The maximum atomic E-state index is 4.47. The molecule has 1 saturated carbocycles. The molecule has 6 heteroatoms. The van der Waals surface area contributed by atoms with Crippen molar-refractivity contribution in [2.24, 2.45) is 5.92 Å². The lowest BCUT2D eigenvalue weighted by Crippen LogP contribution is -2.17. The first kappa shape index (κ1) is 11.3. The van der Waals surface area contributed by atoms with E-state index < -0.39 is 0 Å². The van der Waals surface area contributed by atoms with Crippen LogP contribution in [0.25, 0.3) is 11.0 Å². The highest BCUT2D eigenvalue weighted by Gasteiger charge is 2.24. The molecule has 6 nitrogen and oxygen atoms in total. The summed E-state index contributed by atoms with van der Waals surface area (Å²) in [5.41, 5.74) is 0.760. The standard InChI is InChI=1S/C12H18N6/c1-7(5-8-3-4-8)15-10-9-6-14-18-11(9)17-12(13-2)16-10/h6-8H,3-5H2,1-2H3,(H3,13,14,15,16,17,18). The van der Waals surface area contributed by atoms with Gasteiger partial charge in [0.2, 0.25) is 5.95 Å². The van der Waals surface area contributed by atoms with Crippen LogP contribution in [-0.4, -0.2) is 33.3 Å². The van der Waals surface area contributed by atoms with Gasteiger partial charge < -0.3 is 10.6 Å². The third-order valence-electron chi connectivity index (χ3n) is 3.30. The summed E-state index contributed by atoms with van der Waals surface area (Å²) in [7, 11) is 1.81. The molecule has 1 atom stereocenters. The Labute approximate surface area is 106 Å². The number of H-pyrrole nitrogens is 1. The summed E-state index contributed by atoms with van der Waals surface area (Å²) in [6, 6.07) is 0.426. The Morgan fingerprint density at radius 3 is 3.00 bits per heavy atom. The second kappa shape index (κ2) is 4.44. The van der Waals surface area contributed by atoms with Crippen molar-refractivity contribution in [3.05, 3.63) is 6.20 Å². The monoisotopic (exact) mass is 246 g/mol. The normalized spacial score (nSPS) is 16.8. The van der Waals surface area contributed by atoms with Gasteiger partial charge in [-0.25, -0.2) is 0 Å². The second-order valence-corrected chi connectivity index (χ2v) is 5.00. The van der Waals surface area contributed by atoms with Crippen LogP contribution in [0, 0.1) is 5.92 Å². The van der Waals surface area contributed by atoms with Crippen molar-refractivity contribution in [3.8, 4) is 0 Å². The van der Waals surface area contributed by atoms with Crippen LogP contribution in [0.1, 0.15) is 26.2 Å². The summed E-state index contributed by atoms with van der Waals surface area (Å²) in [5.74, 6) is 2.36. The quantitative estimate of drug-likeness (QED) is 0.752. The van der Waals surface area contributed by atoms with Gasteiger partial charge in [0.25, 0.3) is 0 Å². The molecule has 0 saturated heterocycles. The summed E-state index contributed by atoms with van der Waals surface area (Å²) < 4.78 is 0. The lowest BCUT2D eigenvalue weighted by atomic mass is 10.1. The number of anilines is 2. The molecule has 1 fully saturated rings. The van der Waals surface area contributed by atoms with Crippen LogP contribution in [0.3, 0.4) is 0 Å². The van der Waals surface area contributed by atoms with Gasteiger partial charge in [0.1, 0.15) is 5.82 Å². The van der Waals surface area contributed by atoms with Crippen molar-refractivity contribution in [2.75, 3.05) is 17.7 Å². The molecule has 1 aliphatic carbocycles. The fourth-order valence-electron chi connectivity index (χ4n) is 2.20. The predicted octanol–water partition coefficient (Wildman–Crippen LogP) is 2.00. The van der Waals surface area contributed by atoms with Crippen molar-refractivity contribution < 1.29 is 0 Å². The molecule has 0 aromatic carbocycles. The Kier molecular flexibility index (Phi) is 2.77. The first-order chi connectivity index (χ1) is 8.76. The molecule has 2 aromatic heterocycles. The van der Waals surface area contributed by atoms with Crippen LogP contribution in [0.15, 0.2) is 6.20 Å². The molecular formula is C12H18N6. The van der Waals surface area contributed by atoms with Gasteiger partial charge in [0.15, 0.2) is 5.65 Å². The molecule has 3 N–H and O–H groups in total. The number of nitrogens with zero attached hydrogens (tertiary/aromatic N) is 3. The Balaban J connectivity index is 1.86. The second-order valence-electron chi connectivity index (χ2n) is 5.00. The van der Waals surface area contributed by atoms with Crippen LogP contribution >= 0.6 is 0 Å². The van der Waals surface area contributed by atoms with Gasteiger partial charge in [0, 0.05) is 13.1 Å². The van der Waals surface area contributed by atoms with Crippen molar-refractivity contribution in [1.82, 2.24) is 20.2 Å². The third-order valence-corrected chi connectivity index (χ3v) is 3.30. The van der Waals surface area contributed by atoms with E-state index in [1.54, 1.807) is 6.20 Å². The SMILES string of the molecule is CNc1nc(NC(C)CC2CC2)c2cn[nH]c2n1. The van der Waals surface area contributed by atoms with Crippen molar-refractivity contribution in [2.45, 2.75) is 32.2 Å². The molecule has 0 radical (unpaired) electrons. The van der Waals surface area contributed by atoms with Gasteiger partial charge in [-0.2, -0.15) is 15.1 Å². The molecule has 2 heterocycles. The zero-order chi connectivity index (χ0) is 12.5. The van der Waals surface area contributed by atoms with Crippen LogP contribution in [0.4, 0.5) is 11.8 Å². The van der Waals surface area contributed by atoms with Crippen molar-refractivity contribution in [1.29, 1.82) is 0 Å². The summed E-state index contributed by atoms with van der Waals surface area (Å²) in [6.45, 7) is 2.20. The van der Waals surface area contributed by atoms with Gasteiger partial charge in [-0.1, -0.05) is 12.8 Å². The van der Waals surface area contributed by atoms with Crippen LogP contribution in [0.5, 0.6) is 0 Å². The lowest BCUT2D eigenvalue weighted by Gasteiger charge is -2.15. The van der Waals surface area contributed by atoms with Crippen LogP contribution in [-0.2, 0) is 0 Å². The van der Waals surface area contributed by atoms with Crippen LogP contribution < -0.4 is 10.6 Å².